The minimum atomic E-state index is 0.193. The lowest BCUT2D eigenvalue weighted by atomic mass is 10.3. The van der Waals surface area contributed by atoms with E-state index >= 15 is 0 Å². The molecule has 0 atom stereocenters. The zero-order valence-corrected chi connectivity index (χ0v) is 7.28. The summed E-state index contributed by atoms with van der Waals surface area (Å²) < 4.78 is 1.66. The van der Waals surface area contributed by atoms with Gasteiger partial charge in [0.15, 0.2) is 11.4 Å². The fourth-order valence-electron chi connectivity index (χ4n) is 0.983. The van der Waals surface area contributed by atoms with Crippen molar-refractivity contribution in [3.05, 3.63) is 17.7 Å². The number of aromatic nitrogens is 2. The van der Waals surface area contributed by atoms with Gasteiger partial charge in [0.2, 0.25) is 0 Å². The molecule has 0 saturated carbocycles. The van der Waals surface area contributed by atoms with E-state index in [0.717, 1.165) is 6.54 Å². The summed E-state index contributed by atoms with van der Waals surface area (Å²) in [7, 11) is 1.83. The van der Waals surface area contributed by atoms with Gasteiger partial charge < -0.3 is 9.88 Å². The van der Waals surface area contributed by atoms with E-state index in [0.29, 0.717) is 12.2 Å². The third-order valence-corrected chi connectivity index (χ3v) is 1.65. The predicted octanol–water partition coefficient (Wildman–Crippen LogP) is -0.154. The zero-order valence-electron chi connectivity index (χ0n) is 7.28. The number of hydrogen-bond acceptors (Lipinski definition) is 4. The Morgan fingerprint density at radius 3 is 2.85 bits per heavy atom. The average molecular weight is 175 g/mol. The minimum Gasteiger partial charge on any atom is -0.320 e. The Balaban J connectivity index is 2.91. The first kappa shape index (κ1) is 9.24. The van der Waals surface area contributed by atoms with Crippen LogP contribution in [0.3, 0.4) is 0 Å². The number of nitrogens with one attached hydrogen (secondary N) is 1. The Kier molecular flexibility index (Phi) is 3.02. The molecule has 13 heavy (non-hydrogen) atoms. The summed E-state index contributed by atoms with van der Waals surface area (Å²) >= 11 is 0. The molecule has 0 spiro atoms. The lowest BCUT2D eigenvalue weighted by Gasteiger charge is -2.01. The van der Waals surface area contributed by atoms with Gasteiger partial charge in [0.1, 0.15) is 12.1 Å². The highest BCUT2D eigenvalue weighted by Crippen LogP contribution is 2.03. The molecule has 1 aromatic rings. The molecule has 1 N–H and O–H groups in total. The highest BCUT2D eigenvalue weighted by Gasteiger charge is 2.08. The van der Waals surface area contributed by atoms with Gasteiger partial charge in [-0.3, -0.25) is 0 Å². The first-order valence-electron chi connectivity index (χ1n) is 3.83. The van der Waals surface area contributed by atoms with E-state index < -0.39 is 0 Å². The van der Waals surface area contributed by atoms with Gasteiger partial charge in [-0.1, -0.05) is 0 Å². The normalized spacial score (nSPS) is 9.15. The standard InChI is InChI=1S/C8H9N5/c1-11-2-3-13-6-12-7(4-9)8(13)5-10/h6,11H,2-3H2,1H3. The number of hydrogen-bond donors (Lipinski definition) is 1. The van der Waals surface area contributed by atoms with Gasteiger partial charge in [-0.2, -0.15) is 10.5 Å². The molecule has 5 nitrogen and oxygen atoms in total. The lowest BCUT2D eigenvalue weighted by Crippen LogP contribution is -2.15. The van der Waals surface area contributed by atoms with E-state index in [1.807, 2.05) is 19.2 Å². The molecule has 0 fully saturated rings. The highest BCUT2D eigenvalue weighted by atomic mass is 15.1. The minimum absolute atomic E-state index is 0.193. The van der Waals surface area contributed by atoms with Crippen LogP contribution in [0, 0.1) is 22.7 Å². The summed E-state index contributed by atoms with van der Waals surface area (Å²) in [4.78, 5) is 3.81. The molecule has 1 heterocycles. The Morgan fingerprint density at radius 1 is 1.54 bits per heavy atom. The summed E-state index contributed by atoms with van der Waals surface area (Å²) in [6.07, 6.45) is 1.51. The number of nitriles is 2. The quantitative estimate of drug-likeness (QED) is 0.692. The molecule has 5 heteroatoms. The molecular formula is C8H9N5. The second-order valence-electron chi connectivity index (χ2n) is 2.46. The molecule has 0 unspecified atom stereocenters. The van der Waals surface area contributed by atoms with Crippen LogP contribution in [0.2, 0.25) is 0 Å². The SMILES string of the molecule is CNCCn1cnc(C#N)c1C#N. The Hall–Kier alpha value is -1.85. The number of rotatable bonds is 3. The van der Waals surface area contributed by atoms with Crippen LogP contribution in [0.15, 0.2) is 6.33 Å². The number of imidazole rings is 1. The van der Waals surface area contributed by atoms with Crippen LogP contribution in [0.1, 0.15) is 11.4 Å². The van der Waals surface area contributed by atoms with Crippen molar-refractivity contribution in [1.82, 2.24) is 14.9 Å². The van der Waals surface area contributed by atoms with Crippen LogP contribution in [0.4, 0.5) is 0 Å². The molecule has 0 aliphatic carbocycles. The third-order valence-electron chi connectivity index (χ3n) is 1.65. The molecule has 0 aliphatic rings. The molecule has 0 aliphatic heterocycles. The van der Waals surface area contributed by atoms with E-state index in [4.69, 9.17) is 10.5 Å². The van der Waals surface area contributed by atoms with Crippen LogP contribution in [-0.2, 0) is 6.54 Å². The van der Waals surface area contributed by atoms with Crippen molar-refractivity contribution >= 4 is 0 Å². The van der Waals surface area contributed by atoms with Crippen molar-refractivity contribution in [2.24, 2.45) is 0 Å². The molecular weight excluding hydrogens is 166 g/mol. The van der Waals surface area contributed by atoms with E-state index in [-0.39, 0.29) is 5.69 Å². The monoisotopic (exact) mass is 175 g/mol. The summed E-state index contributed by atoms with van der Waals surface area (Å²) in [5, 5.41) is 20.3. The van der Waals surface area contributed by atoms with Crippen LogP contribution in [0.5, 0.6) is 0 Å². The van der Waals surface area contributed by atoms with Gasteiger partial charge in [0.05, 0.1) is 6.33 Å². The summed E-state index contributed by atoms with van der Waals surface area (Å²) in [6.45, 7) is 1.39. The molecule has 0 saturated heterocycles. The van der Waals surface area contributed by atoms with Crippen LogP contribution in [-0.4, -0.2) is 23.1 Å². The predicted molar refractivity (Wildman–Crippen MR) is 45.6 cm³/mol. The molecule has 0 aromatic carbocycles. The van der Waals surface area contributed by atoms with E-state index in [1.165, 1.54) is 6.33 Å². The van der Waals surface area contributed by atoms with Crippen molar-refractivity contribution in [2.75, 3.05) is 13.6 Å². The Labute approximate surface area is 76.2 Å². The molecule has 0 radical (unpaired) electrons. The largest absolute Gasteiger partial charge is 0.320 e. The van der Waals surface area contributed by atoms with Crippen LogP contribution < -0.4 is 5.32 Å². The van der Waals surface area contributed by atoms with E-state index in [9.17, 15) is 0 Å². The van der Waals surface area contributed by atoms with Crippen LogP contribution in [0.25, 0.3) is 0 Å². The first-order chi connectivity index (χ1) is 6.33. The smallest absolute Gasteiger partial charge is 0.176 e. The van der Waals surface area contributed by atoms with Gasteiger partial charge in [0, 0.05) is 13.1 Å². The van der Waals surface area contributed by atoms with Gasteiger partial charge in [-0.25, -0.2) is 4.98 Å². The summed E-state index contributed by atoms with van der Waals surface area (Å²) in [5.74, 6) is 0. The molecule has 1 aromatic heterocycles. The van der Waals surface area contributed by atoms with Crippen molar-refractivity contribution in [3.8, 4) is 12.1 Å². The summed E-state index contributed by atoms with van der Waals surface area (Å²) in [5.41, 5.74) is 0.524. The maximum absolute atomic E-state index is 8.74. The topological polar surface area (TPSA) is 77.4 Å². The maximum atomic E-state index is 8.74. The van der Waals surface area contributed by atoms with E-state index in [1.54, 1.807) is 4.57 Å². The second kappa shape index (κ2) is 4.24. The number of likely N-dealkylation sites (N-methyl/N-ethyl adjacent to an activating group) is 1. The lowest BCUT2D eigenvalue weighted by molar-refractivity contribution is 0.639. The maximum Gasteiger partial charge on any atom is 0.176 e. The Bertz CT molecular complexity index is 365. The highest BCUT2D eigenvalue weighted by molar-refractivity contribution is 5.35. The zero-order chi connectivity index (χ0) is 9.68. The van der Waals surface area contributed by atoms with Gasteiger partial charge in [0.25, 0.3) is 0 Å². The van der Waals surface area contributed by atoms with Crippen molar-refractivity contribution in [2.45, 2.75) is 6.54 Å². The fourth-order valence-corrected chi connectivity index (χ4v) is 0.983. The van der Waals surface area contributed by atoms with E-state index in [2.05, 4.69) is 10.3 Å². The molecule has 1 rings (SSSR count). The van der Waals surface area contributed by atoms with Crippen LogP contribution >= 0.6 is 0 Å². The summed E-state index contributed by atoms with van der Waals surface area (Å²) in [6, 6.07) is 3.82. The van der Waals surface area contributed by atoms with Gasteiger partial charge in [-0.05, 0) is 7.05 Å². The first-order valence-corrected chi connectivity index (χ1v) is 3.83. The fraction of sp³-hybridized carbons (Fsp3) is 0.375. The molecule has 66 valence electrons. The molecule has 0 bridgehead atoms. The van der Waals surface area contributed by atoms with Crippen molar-refractivity contribution in [3.63, 3.8) is 0 Å². The van der Waals surface area contributed by atoms with Crippen molar-refractivity contribution < 1.29 is 0 Å². The molecule has 0 amide bonds. The third kappa shape index (κ3) is 1.84. The van der Waals surface area contributed by atoms with Crippen molar-refractivity contribution in [1.29, 1.82) is 10.5 Å². The number of nitrogens with zero attached hydrogens (tertiary/aromatic N) is 4. The average Bonchev–Trinajstić information content (AvgIpc) is 2.56. The Morgan fingerprint density at radius 2 is 2.31 bits per heavy atom. The van der Waals surface area contributed by atoms with Gasteiger partial charge in [-0.15, -0.1) is 0 Å². The second-order valence-corrected chi connectivity index (χ2v) is 2.46. The van der Waals surface area contributed by atoms with Gasteiger partial charge >= 0.3 is 0 Å².